The molecular formula is C11H10ClNO2. The van der Waals surface area contributed by atoms with Gasteiger partial charge in [0.15, 0.2) is 5.22 Å². The number of benzene rings is 1. The van der Waals surface area contributed by atoms with E-state index in [1.165, 1.54) is 0 Å². The van der Waals surface area contributed by atoms with Gasteiger partial charge in [0.2, 0.25) is 0 Å². The van der Waals surface area contributed by atoms with Crippen LogP contribution in [0.2, 0.25) is 5.22 Å². The third-order valence-electron chi connectivity index (χ3n) is 2.06. The highest BCUT2D eigenvalue weighted by Gasteiger charge is 2.09. The Morgan fingerprint density at radius 3 is 2.67 bits per heavy atom. The molecule has 0 aliphatic carbocycles. The summed E-state index contributed by atoms with van der Waals surface area (Å²) < 4.78 is 10.5. The maximum absolute atomic E-state index is 5.70. The Morgan fingerprint density at radius 2 is 2.07 bits per heavy atom. The maximum Gasteiger partial charge on any atom is 0.193 e. The molecule has 1 aromatic carbocycles. The van der Waals surface area contributed by atoms with Crippen LogP contribution in [-0.4, -0.2) is 7.11 Å². The molecule has 2 rings (SSSR count). The zero-order valence-electron chi connectivity index (χ0n) is 8.16. The summed E-state index contributed by atoms with van der Waals surface area (Å²) in [4.78, 5) is 0. The first-order valence-corrected chi connectivity index (χ1v) is 4.77. The van der Waals surface area contributed by atoms with Crippen molar-refractivity contribution in [3.63, 3.8) is 0 Å². The van der Waals surface area contributed by atoms with Gasteiger partial charge < -0.3 is 14.9 Å². The van der Waals surface area contributed by atoms with Gasteiger partial charge in [0.1, 0.15) is 11.5 Å². The predicted molar refractivity (Wildman–Crippen MR) is 60.1 cm³/mol. The molecule has 0 unspecified atom stereocenters. The van der Waals surface area contributed by atoms with Crippen LogP contribution in [0.4, 0.5) is 5.69 Å². The molecule has 0 saturated heterocycles. The number of anilines is 1. The summed E-state index contributed by atoms with van der Waals surface area (Å²) in [6, 6.07) is 8.84. The molecule has 0 saturated carbocycles. The first-order valence-electron chi connectivity index (χ1n) is 4.40. The summed E-state index contributed by atoms with van der Waals surface area (Å²) in [5.41, 5.74) is 7.13. The highest BCUT2D eigenvalue weighted by atomic mass is 35.5. The molecular weight excluding hydrogens is 214 g/mol. The Hall–Kier alpha value is -1.61. The van der Waals surface area contributed by atoms with Crippen molar-refractivity contribution >= 4 is 17.3 Å². The highest BCUT2D eigenvalue weighted by molar-refractivity contribution is 6.29. The second kappa shape index (κ2) is 3.87. The number of halogens is 1. The number of hydrogen-bond acceptors (Lipinski definition) is 3. The number of nitrogens with two attached hydrogens (primary N) is 1. The number of ether oxygens (including phenoxy) is 1. The van der Waals surface area contributed by atoms with Gasteiger partial charge in [-0.3, -0.25) is 0 Å². The topological polar surface area (TPSA) is 48.4 Å². The summed E-state index contributed by atoms with van der Waals surface area (Å²) in [5, 5.41) is 0.351. The van der Waals surface area contributed by atoms with Gasteiger partial charge in [-0.25, -0.2) is 0 Å². The molecule has 2 N–H and O–H groups in total. The number of nitrogen functional groups attached to an aromatic ring is 1. The van der Waals surface area contributed by atoms with E-state index in [0.717, 1.165) is 5.56 Å². The highest BCUT2D eigenvalue weighted by Crippen LogP contribution is 2.33. The Bertz CT molecular complexity index is 479. The Kier molecular flexibility index (Phi) is 2.56. The average Bonchev–Trinajstić information content (AvgIpc) is 2.64. The lowest BCUT2D eigenvalue weighted by molar-refractivity contribution is 0.415. The lowest BCUT2D eigenvalue weighted by atomic mass is 10.1. The molecule has 0 fully saturated rings. The van der Waals surface area contributed by atoms with Crippen LogP contribution in [0.15, 0.2) is 34.7 Å². The van der Waals surface area contributed by atoms with Crippen LogP contribution in [0.1, 0.15) is 0 Å². The molecule has 15 heavy (non-hydrogen) atoms. The third-order valence-corrected chi connectivity index (χ3v) is 2.27. The molecule has 0 aliphatic heterocycles. The normalized spacial score (nSPS) is 10.3. The zero-order chi connectivity index (χ0) is 10.8. The lowest BCUT2D eigenvalue weighted by Gasteiger charge is -2.06. The van der Waals surface area contributed by atoms with Crippen molar-refractivity contribution in [2.45, 2.75) is 0 Å². The largest absolute Gasteiger partial charge is 0.496 e. The number of hydrogen-bond donors (Lipinski definition) is 1. The summed E-state index contributed by atoms with van der Waals surface area (Å²) in [6.07, 6.45) is 0. The van der Waals surface area contributed by atoms with Gasteiger partial charge in [0.05, 0.1) is 12.7 Å². The van der Waals surface area contributed by atoms with E-state index in [-0.39, 0.29) is 0 Å². The second-order valence-corrected chi connectivity index (χ2v) is 3.44. The van der Waals surface area contributed by atoms with Crippen molar-refractivity contribution in [1.82, 2.24) is 0 Å². The molecule has 0 spiro atoms. The molecule has 3 nitrogen and oxygen atoms in total. The summed E-state index contributed by atoms with van der Waals surface area (Å²) >= 11 is 5.70. The standard InChI is InChI=1S/C11H10ClNO2/c1-14-10-6-7(13)2-3-8(10)9-4-5-11(12)15-9/h2-6H,13H2,1H3. The fourth-order valence-corrected chi connectivity index (χ4v) is 1.52. The molecule has 1 aromatic heterocycles. The Morgan fingerprint density at radius 1 is 1.27 bits per heavy atom. The van der Waals surface area contributed by atoms with Crippen molar-refractivity contribution in [2.75, 3.05) is 12.8 Å². The Balaban J connectivity index is 2.52. The summed E-state index contributed by atoms with van der Waals surface area (Å²) in [7, 11) is 1.59. The van der Waals surface area contributed by atoms with Crippen LogP contribution in [0, 0.1) is 0 Å². The van der Waals surface area contributed by atoms with E-state index in [0.29, 0.717) is 22.4 Å². The molecule has 78 valence electrons. The van der Waals surface area contributed by atoms with Crippen molar-refractivity contribution in [3.05, 3.63) is 35.6 Å². The lowest BCUT2D eigenvalue weighted by Crippen LogP contribution is -1.90. The monoisotopic (exact) mass is 223 g/mol. The van der Waals surface area contributed by atoms with Crippen molar-refractivity contribution in [2.24, 2.45) is 0 Å². The van der Waals surface area contributed by atoms with E-state index in [4.69, 9.17) is 26.5 Å². The van der Waals surface area contributed by atoms with E-state index in [9.17, 15) is 0 Å². The van der Waals surface area contributed by atoms with E-state index in [1.54, 1.807) is 31.4 Å². The van der Waals surface area contributed by atoms with Crippen molar-refractivity contribution in [3.8, 4) is 17.1 Å². The number of methoxy groups -OCH3 is 1. The quantitative estimate of drug-likeness (QED) is 0.796. The van der Waals surface area contributed by atoms with Crippen LogP contribution >= 0.6 is 11.6 Å². The summed E-state index contributed by atoms with van der Waals surface area (Å²) in [5.74, 6) is 1.33. The minimum atomic E-state index is 0.351. The van der Waals surface area contributed by atoms with Crippen LogP contribution in [0.25, 0.3) is 11.3 Å². The minimum absolute atomic E-state index is 0.351. The molecule has 0 atom stereocenters. The predicted octanol–water partition coefficient (Wildman–Crippen LogP) is 3.19. The van der Waals surface area contributed by atoms with Crippen LogP contribution in [0.3, 0.4) is 0 Å². The van der Waals surface area contributed by atoms with Gasteiger partial charge in [-0.05, 0) is 35.9 Å². The third kappa shape index (κ3) is 1.92. The van der Waals surface area contributed by atoms with Gasteiger partial charge >= 0.3 is 0 Å². The SMILES string of the molecule is COc1cc(N)ccc1-c1ccc(Cl)o1. The van der Waals surface area contributed by atoms with Gasteiger partial charge in [-0.15, -0.1) is 0 Å². The minimum Gasteiger partial charge on any atom is -0.496 e. The zero-order valence-corrected chi connectivity index (χ0v) is 8.91. The fourth-order valence-electron chi connectivity index (χ4n) is 1.37. The first kappa shape index (κ1) is 9.93. The van der Waals surface area contributed by atoms with Crippen LogP contribution in [-0.2, 0) is 0 Å². The smallest absolute Gasteiger partial charge is 0.193 e. The average molecular weight is 224 g/mol. The fraction of sp³-hybridized carbons (Fsp3) is 0.0909. The Labute approximate surface area is 92.4 Å². The molecule has 2 aromatic rings. The summed E-state index contributed by atoms with van der Waals surface area (Å²) in [6.45, 7) is 0. The first-order chi connectivity index (χ1) is 7.20. The van der Waals surface area contributed by atoms with Gasteiger partial charge in [-0.1, -0.05) is 0 Å². The second-order valence-electron chi connectivity index (χ2n) is 3.06. The molecule has 4 heteroatoms. The van der Waals surface area contributed by atoms with E-state index in [2.05, 4.69) is 0 Å². The van der Waals surface area contributed by atoms with Gasteiger partial charge in [-0.2, -0.15) is 0 Å². The molecule has 0 amide bonds. The molecule has 0 bridgehead atoms. The molecule has 0 aliphatic rings. The molecule has 0 radical (unpaired) electrons. The van der Waals surface area contributed by atoms with Gasteiger partial charge in [0.25, 0.3) is 0 Å². The van der Waals surface area contributed by atoms with Crippen LogP contribution in [0.5, 0.6) is 5.75 Å². The van der Waals surface area contributed by atoms with E-state index < -0.39 is 0 Å². The van der Waals surface area contributed by atoms with Crippen molar-refractivity contribution < 1.29 is 9.15 Å². The maximum atomic E-state index is 5.70. The van der Waals surface area contributed by atoms with Crippen molar-refractivity contribution in [1.29, 1.82) is 0 Å². The van der Waals surface area contributed by atoms with E-state index in [1.807, 2.05) is 6.07 Å². The number of rotatable bonds is 2. The molecule has 1 heterocycles. The number of furan rings is 1. The van der Waals surface area contributed by atoms with E-state index >= 15 is 0 Å². The van der Waals surface area contributed by atoms with Crippen LogP contribution < -0.4 is 10.5 Å². The van der Waals surface area contributed by atoms with Gasteiger partial charge in [0, 0.05) is 11.8 Å².